The molecule has 1 N–H and O–H groups in total. The molecule has 0 amide bonds. The zero-order valence-electron chi connectivity index (χ0n) is 3.12. The van der Waals surface area contributed by atoms with E-state index in [1.54, 1.807) is 0 Å². The van der Waals surface area contributed by atoms with Crippen molar-refractivity contribution in [3.8, 4) is 0 Å². The third-order valence-electron chi connectivity index (χ3n) is 0.217. The quantitative estimate of drug-likeness (QED) is 0.437. The van der Waals surface area contributed by atoms with Crippen molar-refractivity contribution in [2.45, 2.75) is 6.92 Å². The van der Waals surface area contributed by atoms with E-state index in [0.29, 0.717) is 0 Å². The highest BCUT2D eigenvalue weighted by molar-refractivity contribution is 5.79. The van der Waals surface area contributed by atoms with Crippen molar-refractivity contribution in [3.63, 3.8) is 0 Å². The van der Waals surface area contributed by atoms with Crippen molar-refractivity contribution in [2.24, 2.45) is 0 Å². The van der Waals surface area contributed by atoms with E-state index in [0.717, 1.165) is 0 Å². The minimum atomic E-state index is -0.361. The Morgan fingerprint density at radius 3 is 2.20 bits per heavy atom. The number of hydrogen-bond donors (Lipinski definition) is 1. The Morgan fingerprint density at radius 1 is 2.00 bits per heavy atom. The van der Waals surface area contributed by atoms with Crippen LogP contribution in [-0.4, -0.2) is 12.3 Å². The maximum atomic E-state index is 9.41. The van der Waals surface area contributed by atoms with E-state index < -0.39 is 0 Å². The van der Waals surface area contributed by atoms with E-state index in [4.69, 9.17) is 5.41 Å². The van der Waals surface area contributed by atoms with Crippen LogP contribution in [-0.2, 0) is 5.11 Å². The lowest BCUT2D eigenvalue weighted by molar-refractivity contribution is 0.244. The Labute approximate surface area is 30.9 Å². The Kier molecular flexibility index (Phi) is 1.76. The van der Waals surface area contributed by atoms with Crippen LogP contribution in [0.2, 0.25) is 0 Å². The highest BCUT2D eigenvalue weighted by Crippen LogP contribution is 1.59. The van der Waals surface area contributed by atoms with Gasteiger partial charge in [-0.2, -0.15) is 0 Å². The van der Waals surface area contributed by atoms with Crippen LogP contribution in [0, 0.1) is 5.41 Å². The number of hydrogen-bond acceptors (Lipinski definition) is 1. The third-order valence-corrected chi connectivity index (χ3v) is 0.217. The van der Waals surface area contributed by atoms with Gasteiger partial charge < -0.3 is 5.41 Å². The van der Waals surface area contributed by atoms with Gasteiger partial charge in [0.05, 0.1) is 0 Å². The number of rotatable bonds is 1. The molecule has 0 aromatic rings. The lowest BCUT2D eigenvalue weighted by atomic mass is 10.5. The Hall–Kier alpha value is -0.370. The van der Waals surface area contributed by atoms with Gasteiger partial charge in [-0.15, -0.1) is 0 Å². The van der Waals surface area contributed by atoms with Crippen molar-refractivity contribution < 1.29 is 5.11 Å². The highest BCUT2D eigenvalue weighted by atomic mass is 16.3. The average molecular weight is 72.1 g/mol. The fourth-order valence-corrected chi connectivity index (χ4v) is 0. The van der Waals surface area contributed by atoms with Crippen LogP contribution in [0.3, 0.4) is 0 Å². The molecule has 0 aliphatic heterocycles. The zero-order chi connectivity index (χ0) is 4.28. The van der Waals surface area contributed by atoms with Crippen LogP contribution in [0.1, 0.15) is 6.92 Å². The normalized spacial score (nSPS) is 7.60. The van der Waals surface area contributed by atoms with Crippen molar-refractivity contribution in [3.05, 3.63) is 0 Å². The molecule has 0 spiro atoms. The second-order valence-corrected chi connectivity index (χ2v) is 0.925. The molecule has 0 heterocycles. The molecule has 0 fully saturated rings. The van der Waals surface area contributed by atoms with E-state index in [1.807, 2.05) is 0 Å². The first-order valence-corrected chi connectivity index (χ1v) is 1.39. The van der Waals surface area contributed by atoms with Crippen molar-refractivity contribution in [1.82, 2.24) is 0 Å². The Balaban J connectivity index is 2.85. The number of nitrogens with one attached hydrogen (secondary N) is 1. The summed E-state index contributed by atoms with van der Waals surface area (Å²) < 4.78 is 0. The summed E-state index contributed by atoms with van der Waals surface area (Å²) in [5.74, 6) is 0. The molecule has 29 valence electrons. The maximum Gasteiger partial charge on any atom is 0.119 e. The van der Waals surface area contributed by atoms with Crippen LogP contribution in [0.25, 0.3) is 0 Å². The van der Waals surface area contributed by atoms with E-state index in [-0.39, 0.29) is 12.3 Å². The summed E-state index contributed by atoms with van der Waals surface area (Å²) in [6.45, 7) is 1.13. The van der Waals surface area contributed by atoms with Gasteiger partial charge in [-0.1, -0.05) is 0 Å². The van der Waals surface area contributed by atoms with E-state index >= 15 is 0 Å². The largest absolute Gasteiger partial charge is 0.307 e. The van der Waals surface area contributed by atoms with Crippen molar-refractivity contribution >= 4 is 5.71 Å². The summed E-state index contributed by atoms with van der Waals surface area (Å²) in [7, 11) is 0. The predicted molar refractivity (Wildman–Crippen MR) is 19.0 cm³/mol. The van der Waals surface area contributed by atoms with Crippen LogP contribution < -0.4 is 0 Å². The summed E-state index contributed by atoms with van der Waals surface area (Å²) in [5.41, 5.74) is 0.199. The van der Waals surface area contributed by atoms with Gasteiger partial charge in [-0.05, 0) is 6.92 Å². The fraction of sp³-hybridized carbons (Fsp3) is 0.667. The first-order chi connectivity index (χ1) is 2.27. The van der Waals surface area contributed by atoms with Crippen molar-refractivity contribution in [1.29, 1.82) is 5.41 Å². The molecule has 0 aliphatic rings. The summed E-state index contributed by atoms with van der Waals surface area (Å²) in [6.07, 6.45) is 0. The molecule has 0 aromatic heterocycles. The SMILES string of the molecule is CC(=N)C[O]. The molecular weight excluding hydrogens is 66.0 g/mol. The minimum absolute atomic E-state index is 0.199. The first-order valence-electron chi connectivity index (χ1n) is 1.39. The summed E-state index contributed by atoms with van der Waals surface area (Å²) in [6, 6.07) is 0. The average Bonchev–Trinajstić information content (AvgIpc) is 1.38. The molecule has 0 aromatic carbocycles. The van der Waals surface area contributed by atoms with Gasteiger partial charge in [0, 0.05) is 5.71 Å². The van der Waals surface area contributed by atoms with E-state index in [2.05, 4.69) is 0 Å². The molecule has 0 saturated heterocycles. The predicted octanol–water partition coefficient (Wildman–Crippen LogP) is 0.457. The fourth-order valence-electron chi connectivity index (χ4n) is 0. The van der Waals surface area contributed by atoms with Gasteiger partial charge in [0.1, 0.15) is 6.61 Å². The Morgan fingerprint density at radius 2 is 2.20 bits per heavy atom. The standard InChI is InChI=1S/C3H6NO/c1-3(4)2-5/h4H,2H2,1H3. The van der Waals surface area contributed by atoms with Crippen LogP contribution >= 0.6 is 0 Å². The molecule has 0 aliphatic carbocycles. The molecular formula is C3H6NO. The first kappa shape index (κ1) is 4.63. The van der Waals surface area contributed by atoms with Gasteiger partial charge in [0.15, 0.2) is 0 Å². The monoisotopic (exact) mass is 72.0 g/mol. The van der Waals surface area contributed by atoms with Crippen LogP contribution in [0.4, 0.5) is 0 Å². The molecule has 2 heteroatoms. The lowest BCUT2D eigenvalue weighted by Crippen LogP contribution is -1.90. The van der Waals surface area contributed by atoms with Gasteiger partial charge in [-0.3, -0.25) is 0 Å². The molecule has 5 heavy (non-hydrogen) atoms. The molecule has 0 bridgehead atoms. The highest BCUT2D eigenvalue weighted by Gasteiger charge is 1.74. The van der Waals surface area contributed by atoms with Crippen LogP contribution in [0.15, 0.2) is 0 Å². The summed E-state index contributed by atoms with van der Waals surface area (Å²) in [4.78, 5) is 0. The third kappa shape index (κ3) is 3.63. The molecule has 1 radical (unpaired) electrons. The molecule has 0 unspecified atom stereocenters. The maximum absolute atomic E-state index is 9.41. The lowest BCUT2D eigenvalue weighted by Gasteiger charge is -1.74. The van der Waals surface area contributed by atoms with Gasteiger partial charge in [0.2, 0.25) is 0 Å². The van der Waals surface area contributed by atoms with Crippen LogP contribution in [0.5, 0.6) is 0 Å². The smallest absolute Gasteiger partial charge is 0.119 e. The zero-order valence-corrected chi connectivity index (χ0v) is 3.12. The molecule has 0 saturated carbocycles. The summed E-state index contributed by atoms with van der Waals surface area (Å²) >= 11 is 0. The van der Waals surface area contributed by atoms with Gasteiger partial charge in [0.25, 0.3) is 0 Å². The summed E-state index contributed by atoms with van der Waals surface area (Å²) in [5, 5.41) is 15.8. The molecule has 0 rings (SSSR count). The topological polar surface area (TPSA) is 43.8 Å². The second-order valence-electron chi connectivity index (χ2n) is 0.925. The van der Waals surface area contributed by atoms with E-state index in [9.17, 15) is 5.11 Å². The van der Waals surface area contributed by atoms with Gasteiger partial charge >= 0.3 is 0 Å². The molecule has 2 nitrogen and oxygen atoms in total. The molecule has 0 atom stereocenters. The minimum Gasteiger partial charge on any atom is -0.307 e. The second kappa shape index (κ2) is 1.91. The van der Waals surface area contributed by atoms with E-state index in [1.165, 1.54) is 6.92 Å². The Bertz CT molecular complexity index is 42.2. The van der Waals surface area contributed by atoms with Crippen molar-refractivity contribution in [2.75, 3.05) is 6.61 Å². The van der Waals surface area contributed by atoms with Gasteiger partial charge in [-0.25, -0.2) is 5.11 Å².